The van der Waals surface area contributed by atoms with Crippen LogP contribution in [0.5, 0.6) is 5.88 Å². The number of anilines is 1. The molecule has 0 spiro atoms. The summed E-state index contributed by atoms with van der Waals surface area (Å²) in [7, 11) is -3.35. The Balaban J connectivity index is 2.25. The van der Waals surface area contributed by atoms with Crippen molar-refractivity contribution in [1.29, 1.82) is 0 Å². The molecule has 160 valence electrons. The maximum Gasteiger partial charge on any atom is 0.273 e. The fraction of sp³-hybridized carbons (Fsp3) is 0.412. The maximum absolute atomic E-state index is 13.8. The van der Waals surface area contributed by atoms with E-state index in [2.05, 4.69) is 31.0 Å². The fourth-order valence-corrected chi connectivity index (χ4v) is 3.25. The van der Waals surface area contributed by atoms with Crippen molar-refractivity contribution in [3.63, 3.8) is 0 Å². The summed E-state index contributed by atoms with van der Waals surface area (Å²) in [5.74, 6) is -1.40. The minimum atomic E-state index is -3.35. The lowest BCUT2D eigenvalue weighted by Gasteiger charge is -2.19. The number of halogens is 3. The van der Waals surface area contributed by atoms with Gasteiger partial charge >= 0.3 is 0 Å². The zero-order valence-corrected chi connectivity index (χ0v) is 18.4. The van der Waals surface area contributed by atoms with E-state index >= 15 is 0 Å². The molecule has 0 amide bonds. The molecule has 0 aliphatic rings. The van der Waals surface area contributed by atoms with Gasteiger partial charge in [0.1, 0.15) is 22.7 Å². The van der Waals surface area contributed by atoms with Crippen molar-refractivity contribution in [2.24, 2.45) is 0 Å². The SMILES string of the molecule is CC(C)n1c(NCCNS(C)(=O)=O)nc(OCc2ccc(F)cc2F)c(Br)c1=O. The molecule has 2 aromatic rings. The van der Waals surface area contributed by atoms with Crippen molar-refractivity contribution in [3.8, 4) is 5.88 Å². The summed E-state index contributed by atoms with van der Waals surface area (Å²) >= 11 is 3.15. The molecule has 0 atom stereocenters. The first-order valence-electron chi connectivity index (χ1n) is 8.57. The van der Waals surface area contributed by atoms with Crippen LogP contribution in [0.4, 0.5) is 14.7 Å². The number of nitrogens with zero attached hydrogens (tertiary/aromatic N) is 2. The third-order valence-electron chi connectivity index (χ3n) is 3.70. The fourth-order valence-electron chi connectivity index (χ4n) is 2.39. The molecule has 0 saturated heterocycles. The number of ether oxygens (including phenoxy) is 1. The molecule has 8 nitrogen and oxygen atoms in total. The van der Waals surface area contributed by atoms with Crippen molar-refractivity contribution in [2.45, 2.75) is 26.5 Å². The van der Waals surface area contributed by atoms with E-state index < -0.39 is 27.2 Å². The molecule has 0 aliphatic heterocycles. The van der Waals surface area contributed by atoms with Gasteiger partial charge in [0.25, 0.3) is 5.56 Å². The zero-order valence-electron chi connectivity index (χ0n) is 16.0. The number of benzene rings is 1. The van der Waals surface area contributed by atoms with Gasteiger partial charge < -0.3 is 10.1 Å². The van der Waals surface area contributed by atoms with Crippen LogP contribution in [-0.4, -0.2) is 37.3 Å². The lowest BCUT2D eigenvalue weighted by Crippen LogP contribution is -2.31. The maximum atomic E-state index is 13.8. The summed E-state index contributed by atoms with van der Waals surface area (Å²) in [5.41, 5.74) is -0.330. The minimum Gasteiger partial charge on any atom is -0.472 e. The molecule has 2 rings (SSSR count). The van der Waals surface area contributed by atoms with Gasteiger partial charge in [0.05, 0.1) is 6.26 Å². The average molecular weight is 495 g/mol. The molecule has 29 heavy (non-hydrogen) atoms. The molecule has 2 N–H and O–H groups in total. The first-order chi connectivity index (χ1) is 13.5. The Morgan fingerprint density at radius 1 is 1.28 bits per heavy atom. The molecule has 0 saturated carbocycles. The lowest BCUT2D eigenvalue weighted by molar-refractivity contribution is 0.283. The van der Waals surface area contributed by atoms with E-state index in [1.54, 1.807) is 13.8 Å². The smallest absolute Gasteiger partial charge is 0.273 e. The molecule has 1 aromatic heterocycles. The highest BCUT2D eigenvalue weighted by molar-refractivity contribution is 9.10. The van der Waals surface area contributed by atoms with Crippen molar-refractivity contribution in [3.05, 3.63) is 50.2 Å². The van der Waals surface area contributed by atoms with Crippen molar-refractivity contribution in [1.82, 2.24) is 14.3 Å². The topological polar surface area (TPSA) is 102 Å². The van der Waals surface area contributed by atoms with Gasteiger partial charge in [-0.15, -0.1) is 0 Å². The Hall–Kier alpha value is -2.05. The van der Waals surface area contributed by atoms with Crippen LogP contribution in [0.15, 0.2) is 27.5 Å². The molecule has 0 fully saturated rings. The highest BCUT2D eigenvalue weighted by atomic mass is 79.9. The first kappa shape index (κ1) is 23.2. The molecule has 0 radical (unpaired) electrons. The van der Waals surface area contributed by atoms with E-state index in [0.717, 1.165) is 18.4 Å². The van der Waals surface area contributed by atoms with Crippen molar-refractivity contribution < 1.29 is 21.9 Å². The van der Waals surface area contributed by atoms with Crippen LogP contribution in [0.3, 0.4) is 0 Å². The summed E-state index contributed by atoms with van der Waals surface area (Å²) < 4.78 is 58.3. The third-order valence-corrected chi connectivity index (χ3v) is 5.11. The molecule has 0 bridgehead atoms. The van der Waals surface area contributed by atoms with Crippen LogP contribution in [0.25, 0.3) is 0 Å². The summed E-state index contributed by atoms with van der Waals surface area (Å²) in [4.78, 5) is 16.9. The number of hydrogen-bond donors (Lipinski definition) is 2. The van der Waals surface area contributed by atoms with Gasteiger partial charge in [-0.2, -0.15) is 4.98 Å². The monoisotopic (exact) mass is 494 g/mol. The Bertz CT molecular complexity index is 1040. The van der Waals surface area contributed by atoms with Gasteiger partial charge in [0.2, 0.25) is 21.9 Å². The van der Waals surface area contributed by atoms with Gasteiger partial charge in [-0.25, -0.2) is 21.9 Å². The van der Waals surface area contributed by atoms with E-state index in [1.165, 1.54) is 10.6 Å². The average Bonchev–Trinajstić information content (AvgIpc) is 2.60. The van der Waals surface area contributed by atoms with Crippen LogP contribution in [-0.2, 0) is 16.6 Å². The minimum absolute atomic E-state index is 0.0496. The highest BCUT2D eigenvalue weighted by Gasteiger charge is 2.18. The van der Waals surface area contributed by atoms with Crippen LogP contribution in [0.2, 0.25) is 0 Å². The van der Waals surface area contributed by atoms with Gasteiger partial charge in [-0.05, 0) is 41.9 Å². The summed E-state index contributed by atoms with van der Waals surface area (Å²) in [6.07, 6.45) is 1.04. The van der Waals surface area contributed by atoms with Gasteiger partial charge in [-0.1, -0.05) is 0 Å². The van der Waals surface area contributed by atoms with E-state index in [-0.39, 0.29) is 47.6 Å². The van der Waals surface area contributed by atoms with Gasteiger partial charge in [-0.3, -0.25) is 9.36 Å². The van der Waals surface area contributed by atoms with E-state index in [1.807, 2.05) is 0 Å². The summed E-state index contributed by atoms with van der Waals surface area (Å²) in [5, 5.41) is 2.89. The molecule has 1 heterocycles. The Kier molecular flexibility index (Phi) is 7.72. The second kappa shape index (κ2) is 9.63. The summed E-state index contributed by atoms with van der Waals surface area (Å²) in [6.45, 7) is 3.55. The lowest BCUT2D eigenvalue weighted by atomic mass is 10.2. The van der Waals surface area contributed by atoms with Crippen molar-refractivity contribution >= 4 is 31.9 Å². The molecule has 1 aromatic carbocycles. The van der Waals surface area contributed by atoms with Gasteiger partial charge in [0, 0.05) is 30.8 Å². The van der Waals surface area contributed by atoms with E-state index in [0.29, 0.717) is 0 Å². The van der Waals surface area contributed by atoms with Crippen LogP contribution in [0.1, 0.15) is 25.5 Å². The zero-order chi connectivity index (χ0) is 21.8. The molecule has 12 heteroatoms. The Morgan fingerprint density at radius 2 is 1.97 bits per heavy atom. The molecular weight excluding hydrogens is 474 g/mol. The third kappa shape index (κ3) is 6.47. The normalized spacial score (nSPS) is 11.7. The Morgan fingerprint density at radius 3 is 2.55 bits per heavy atom. The highest BCUT2D eigenvalue weighted by Crippen LogP contribution is 2.24. The van der Waals surface area contributed by atoms with E-state index in [4.69, 9.17) is 4.74 Å². The number of hydrogen-bond acceptors (Lipinski definition) is 6. The van der Waals surface area contributed by atoms with Crippen LogP contribution >= 0.6 is 15.9 Å². The quantitative estimate of drug-likeness (QED) is 0.519. The largest absolute Gasteiger partial charge is 0.472 e. The number of nitrogens with one attached hydrogen (secondary N) is 2. The summed E-state index contributed by atoms with van der Waals surface area (Å²) in [6, 6.07) is 2.83. The van der Waals surface area contributed by atoms with Crippen LogP contribution < -0.4 is 20.3 Å². The van der Waals surface area contributed by atoms with Crippen molar-refractivity contribution in [2.75, 3.05) is 24.7 Å². The predicted octanol–water partition coefficient (Wildman–Crippen LogP) is 2.40. The predicted molar refractivity (Wildman–Crippen MR) is 109 cm³/mol. The number of aromatic nitrogens is 2. The van der Waals surface area contributed by atoms with Gasteiger partial charge in [0.15, 0.2) is 0 Å². The number of sulfonamides is 1. The molecule has 0 aliphatic carbocycles. The standard InChI is InChI=1S/C17H21BrF2N4O4S/c1-10(2)24-16(25)14(18)15(23-17(24)21-6-7-22-29(3,26)27)28-9-11-4-5-12(19)8-13(11)20/h4-5,8,10,22H,6-7,9H2,1-3H3,(H,21,23). The first-order valence-corrected chi connectivity index (χ1v) is 11.3. The molecular formula is C17H21BrF2N4O4S. The molecule has 0 unspecified atom stereocenters. The number of rotatable bonds is 9. The second-order valence-electron chi connectivity index (χ2n) is 6.44. The van der Waals surface area contributed by atoms with Crippen LogP contribution in [0, 0.1) is 11.6 Å². The Labute approximate surface area is 175 Å². The van der Waals surface area contributed by atoms with E-state index in [9.17, 15) is 22.0 Å². The second-order valence-corrected chi connectivity index (χ2v) is 9.07.